The molecule has 0 aliphatic rings. The van der Waals surface area contributed by atoms with E-state index in [2.05, 4.69) is 22.9 Å². The molecule has 0 spiro atoms. The monoisotopic (exact) mass is 273 g/mol. The van der Waals surface area contributed by atoms with Gasteiger partial charge in [-0.15, -0.1) is 0 Å². The first kappa shape index (κ1) is 12.3. The van der Waals surface area contributed by atoms with Gasteiger partial charge in [0.05, 0.1) is 11.6 Å². The maximum Gasteiger partial charge on any atom is 0.172 e. The predicted molar refractivity (Wildman–Crippen MR) is 64.2 cm³/mol. The molecule has 0 unspecified atom stereocenters. The van der Waals surface area contributed by atoms with Crippen molar-refractivity contribution in [3.05, 3.63) is 22.2 Å². The number of aromatic hydroxyl groups is 1. The van der Waals surface area contributed by atoms with Crippen molar-refractivity contribution >= 4 is 15.9 Å². The smallest absolute Gasteiger partial charge is 0.172 e. The number of hydrogen-bond donors (Lipinski definition) is 2. The Morgan fingerprint density at radius 1 is 1.53 bits per heavy atom. The standard InChI is InChI=1S/C11H16BrNO2/c1-3-4-9(13)7-5-8(12)11(14)10(6-7)15-2/h5-6,9,14H,3-4,13H2,1-2H3/t9-/m0/s1. The van der Waals surface area contributed by atoms with E-state index in [0.29, 0.717) is 10.2 Å². The van der Waals surface area contributed by atoms with Gasteiger partial charge in [0, 0.05) is 6.04 Å². The number of ether oxygens (including phenoxy) is 1. The summed E-state index contributed by atoms with van der Waals surface area (Å²) < 4.78 is 5.67. The molecular formula is C11H16BrNO2. The first-order valence-electron chi connectivity index (χ1n) is 4.92. The fourth-order valence-electron chi connectivity index (χ4n) is 1.44. The van der Waals surface area contributed by atoms with E-state index >= 15 is 0 Å². The number of phenols is 1. The molecule has 1 aromatic carbocycles. The maximum absolute atomic E-state index is 9.62. The minimum Gasteiger partial charge on any atom is -0.503 e. The molecule has 4 heteroatoms. The van der Waals surface area contributed by atoms with Gasteiger partial charge in [0.1, 0.15) is 0 Å². The van der Waals surface area contributed by atoms with E-state index in [1.165, 1.54) is 7.11 Å². The molecule has 0 radical (unpaired) electrons. The molecule has 0 fully saturated rings. The summed E-state index contributed by atoms with van der Waals surface area (Å²) in [6.07, 6.45) is 1.95. The zero-order valence-corrected chi connectivity index (χ0v) is 10.5. The van der Waals surface area contributed by atoms with Gasteiger partial charge < -0.3 is 15.6 Å². The van der Waals surface area contributed by atoms with Gasteiger partial charge in [-0.3, -0.25) is 0 Å². The Balaban J connectivity index is 3.05. The Bertz CT molecular complexity index is 342. The average molecular weight is 274 g/mol. The topological polar surface area (TPSA) is 55.5 Å². The van der Waals surface area contributed by atoms with Gasteiger partial charge in [-0.2, -0.15) is 0 Å². The SMILES string of the molecule is CCC[C@H](N)c1cc(Br)c(O)c(OC)c1. The van der Waals surface area contributed by atoms with Crippen LogP contribution in [0.2, 0.25) is 0 Å². The first-order valence-corrected chi connectivity index (χ1v) is 5.71. The highest BCUT2D eigenvalue weighted by Gasteiger charge is 2.12. The summed E-state index contributed by atoms with van der Waals surface area (Å²) in [6, 6.07) is 3.60. The molecule has 0 saturated heterocycles. The quantitative estimate of drug-likeness (QED) is 0.887. The van der Waals surface area contributed by atoms with Crippen LogP contribution in [0.5, 0.6) is 11.5 Å². The van der Waals surface area contributed by atoms with E-state index in [4.69, 9.17) is 10.5 Å². The molecule has 0 aromatic heterocycles. The minimum atomic E-state index is -0.0131. The van der Waals surface area contributed by atoms with Crippen molar-refractivity contribution in [1.82, 2.24) is 0 Å². The second kappa shape index (κ2) is 5.37. The van der Waals surface area contributed by atoms with Crippen LogP contribution in [0, 0.1) is 0 Å². The van der Waals surface area contributed by atoms with Crippen LogP contribution in [-0.4, -0.2) is 12.2 Å². The average Bonchev–Trinajstić information content (AvgIpc) is 2.22. The number of benzene rings is 1. The number of rotatable bonds is 4. The van der Waals surface area contributed by atoms with E-state index in [0.717, 1.165) is 18.4 Å². The zero-order chi connectivity index (χ0) is 11.4. The number of halogens is 1. The van der Waals surface area contributed by atoms with Gasteiger partial charge in [-0.1, -0.05) is 13.3 Å². The van der Waals surface area contributed by atoms with E-state index in [1.54, 1.807) is 6.07 Å². The minimum absolute atomic E-state index is 0.0131. The number of hydrogen-bond acceptors (Lipinski definition) is 3. The molecular weight excluding hydrogens is 258 g/mol. The van der Waals surface area contributed by atoms with Gasteiger partial charge in [0.15, 0.2) is 11.5 Å². The van der Waals surface area contributed by atoms with Gasteiger partial charge >= 0.3 is 0 Å². The van der Waals surface area contributed by atoms with Crippen molar-refractivity contribution in [2.24, 2.45) is 5.73 Å². The Hall–Kier alpha value is -0.740. The van der Waals surface area contributed by atoms with E-state index < -0.39 is 0 Å². The largest absolute Gasteiger partial charge is 0.503 e. The summed E-state index contributed by atoms with van der Waals surface area (Å²) >= 11 is 3.27. The lowest BCUT2D eigenvalue weighted by Crippen LogP contribution is -2.09. The third-order valence-electron chi connectivity index (χ3n) is 2.30. The van der Waals surface area contributed by atoms with Gasteiger partial charge in [0.25, 0.3) is 0 Å². The highest BCUT2D eigenvalue weighted by atomic mass is 79.9. The van der Waals surface area contributed by atoms with Crippen molar-refractivity contribution < 1.29 is 9.84 Å². The van der Waals surface area contributed by atoms with Gasteiger partial charge in [0.2, 0.25) is 0 Å². The third kappa shape index (κ3) is 2.86. The van der Waals surface area contributed by atoms with Crippen LogP contribution in [0.3, 0.4) is 0 Å². The molecule has 0 saturated carbocycles. The van der Waals surface area contributed by atoms with Crippen LogP contribution >= 0.6 is 15.9 Å². The first-order chi connectivity index (χ1) is 7.10. The Kier molecular flexibility index (Phi) is 4.42. The predicted octanol–water partition coefficient (Wildman–Crippen LogP) is 2.96. The Morgan fingerprint density at radius 2 is 2.20 bits per heavy atom. The van der Waals surface area contributed by atoms with E-state index in [9.17, 15) is 5.11 Å². The van der Waals surface area contributed by atoms with E-state index in [1.807, 2.05) is 6.07 Å². The van der Waals surface area contributed by atoms with Crippen LogP contribution in [0.4, 0.5) is 0 Å². The molecule has 0 aliphatic heterocycles. The molecule has 15 heavy (non-hydrogen) atoms. The highest BCUT2D eigenvalue weighted by Crippen LogP contribution is 2.37. The fraction of sp³-hybridized carbons (Fsp3) is 0.455. The summed E-state index contributed by atoms with van der Waals surface area (Å²) in [7, 11) is 1.52. The summed E-state index contributed by atoms with van der Waals surface area (Å²) in [4.78, 5) is 0. The van der Waals surface area contributed by atoms with Gasteiger partial charge in [-0.25, -0.2) is 0 Å². The molecule has 1 rings (SSSR count). The molecule has 0 aliphatic carbocycles. The molecule has 84 valence electrons. The summed E-state index contributed by atoms with van der Waals surface area (Å²) in [6.45, 7) is 2.09. The van der Waals surface area contributed by atoms with Crippen molar-refractivity contribution in [1.29, 1.82) is 0 Å². The maximum atomic E-state index is 9.62. The lowest BCUT2D eigenvalue weighted by atomic mass is 10.0. The van der Waals surface area contributed by atoms with E-state index in [-0.39, 0.29) is 11.8 Å². The van der Waals surface area contributed by atoms with Crippen molar-refractivity contribution in [3.63, 3.8) is 0 Å². The molecule has 1 aromatic rings. The second-order valence-electron chi connectivity index (χ2n) is 3.45. The van der Waals surface area contributed by atoms with Gasteiger partial charge in [-0.05, 0) is 40.0 Å². The van der Waals surface area contributed by atoms with Crippen LogP contribution in [0.25, 0.3) is 0 Å². The number of nitrogens with two attached hydrogens (primary N) is 1. The Morgan fingerprint density at radius 3 is 2.73 bits per heavy atom. The zero-order valence-electron chi connectivity index (χ0n) is 8.96. The lowest BCUT2D eigenvalue weighted by molar-refractivity contribution is 0.371. The molecule has 3 nitrogen and oxygen atoms in total. The fourth-order valence-corrected chi connectivity index (χ4v) is 1.90. The van der Waals surface area contributed by atoms with Crippen LogP contribution in [-0.2, 0) is 0 Å². The molecule has 0 amide bonds. The Labute approximate surface area is 98.4 Å². The van der Waals surface area contributed by atoms with Crippen molar-refractivity contribution in [3.8, 4) is 11.5 Å². The van der Waals surface area contributed by atoms with Crippen LogP contribution in [0.15, 0.2) is 16.6 Å². The van der Waals surface area contributed by atoms with Crippen LogP contribution < -0.4 is 10.5 Å². The second-order valence-corrected chi connectivity index (χ2v) is 4.30. The summed E-state index contributed by atoms with van der Waals surface area (Å²) in [5, 5.41) is 9.62. The van der Waals surface area contributed by atoms with Crippen molar-refractivity contribution in [2.75, 3.05) is 7.11 Å². The summed E-state index contributed by atoms with van der Waals surface area (Å²) in [5.41, 5.74) is 6.96. The third-order valence-corrected chi connectivity index (χ3v) is 2.90. The molecule has 0 heterocycles. The van der Waals surface area contributed by atoms with Crippen LogP contribution in [0.1, 0.15) is 31.4 Å². The van der Waals surface area contributed by atoms with Crippen molar-refractivity contribution in [2.45, 2.75) is 25.8 Å². The highest BCUT2D eigenvalue weighted by molar-refractivity contribution is 9.10. The number of methoxy groups -OCH3 is 1. The summed E-state index contributed by atoms with van der Waals surface area (Å²) in [5.74, 6) is 0.566. The molecule has 3 N–H and O–H groups in total. The number of phenolic OH excluding ortho intramolecular Hbond substituents is 1. The lowest BCUT2D eigenvalue weighted by Gasteiger charge is -2.14. The normalized spacial score (nSPS) is 12.5. The molecule has 0 bridgehead atoms. The molecule has 1 atom stereocenters.